The molecule has 2 aromatic rings. The molecule has 1 N–H and O–H groups in total. The van der Waals surface area contributed by atoms with E-state index in [2.05, 4.69) is 20.3 Å². The van der Waals surface area contributed by atoms with Gasteiger partial charge in [-0.3, -0.25) is 4.98 Å². The summed E-state index contributed by atoms with van der Waals surface area (Å²) in [6.45, 7) is 6.03. The number of aryl methyl sites for hydroxylation is 1. The molecular weight excluding hydrogens is 240 g/mol. The molecule has 0 amide bonds. The molecule has 0 spiro atoms. The van der Waals surface area contributed by atoms with Crippen molar-refractivity contribution in [1.82, 2.24) is 15.0 Å². The molecule has 0 aliphatic heterocycles. The van der Waals surface area contributed by atoms with Crippen molar-refractivity contribution >= 4 is 5.82 Å². The van der Waals surface area contributed by atoms with Gasteiger partial charge in [-0.05, 0) is 19.1 Å². The molecule has 5 heteroatoms. The number of rotatable bonds is 4. The summed E-state index contributed by atoms with van der Waals surface area (Å²) in [6.07, 6.45) is 1.69. The molecule has 2 heterocycles. The van der Waals surface area contributed by atoms with Crippen LogP contribution < -0.4 is 10.1 Å². The molecule has 0 aliphatic rings. The van der Waals surface area contributed by atoms with E-state index in [-0.39, 0.29) is 5.92 Å². The number of pyridine rings is 1. The number of hydrogen-bond acceptors (Lipinski definition) is 5. The average molecular weight is 258 g/mol. The van der Waals surface area contributed by atoms with Crippen molar-refractivity contribution in [2.45, 2.75) is 26.7 Å². The van der Waals surface area contributed by atoms with Gasteiger partial charge in [-0.2, -0.15) is 4.98 Å². The molecule has 0 radical (unpaired) electrons. The largest absolute Gasteiger partial charge is 0.437 e. The average Bonchev–Trinajstić information content (AvgIpc) is 2.41. The van der Waals surface area contributed by atoms with Crippen LogP contribution in [0.4, 0.5) is 5.82 Å². The number of nitrogens with one attached hydrogen (secondary N) is 1. The van der Waals surface area contributed by atoms with Gasteiger partial charge < -0.3 is 10.1 Å². The third kappa shape index (κ3) is 3.40. The van der Waals surface area contributed by atoms with Crippen molar-refractivity contribution < 1.29 is 4.74 Å². The zero-order valence-electron chi connectivity index (χ0n) is 11.6. The second-order valence-corrected chi connectivity index (χ2v) is 4.59. The van der Waals surface area contributed by atoms with E-state index >= 15 is 0 Å². The minimum absolute atomic E-state index is 0.242. The van der Waals surface area contributed by atoms with E-state index in [9.17, 15) is 0 Å². The van der Waals surface area contributed by atoms with Crippen LogP contribution in [0.1, 0.15) is 31.3 Å². The van der Waals surface area contributed by atoms with Gasteiger partial charge in [-0.25, -0.2) is 4.98 Å². The number of ether oxygens (including phenoxy) is 1. The summed E-state index contributed by atoms with van der Waals surface area (Å²) in [5.41, 5.74) is 0.953. The lowest BCUT2D eigenvalue weighted by molar-refractivity contribution is 0.455. The van der Waals surface area contributed by atoms with Crippen molar-refractivity contribution in [3.05, 3.63) is 35.9 Å². The first kappa shape index (κ1) is 13.3. The molecule has 0 saturated carbocycles. The molecule has 2 rings (SSSR count). The molecule has 2 aromatic heterocycles. The van der Waals surface area contributed by atoms with E-state index in [1.807, 2.05) is 40.0 Å². The first-order valence-electron chi connectivity index (χ1n) is 6.25. The first-order chi connectivity index (χ1) is 9.08. The van der Waals surface area contributed by atoms with E-state index in [0.29, 0.717) is 11.6 Å². The predicted molar refractivity (Wildman–Crippen MR) is 74.7 cm³/mol. The Morgan fingerprint density at radius 3 is 2.58 bits per heavy atom. The SMILES string of the molecule is CNc1cc(Oc2ccc(C)nc2)nc(C(C)C)n1. The Balaban J connectivity index is 2.28. The minimum Gasteiger partial charge on any atom is -0.437 e. The minimum atomic E-state index is 0.242. The molecule has 0 aliphatic carbocycles. The summed E-state index contributed by atoms with van der Waals surface area (Å²) in [7, 11) is 1.82. The number of anilines is 1. The maximum atomic E-state index is 5.71. The summed E-state index contributed by atoms with van der Waals surface area (Å²) in [4.78, 5) is 13.0. The Bertz CT molecular complexity index is 552. The maximum Gasteiger partial charge on any atom is 0.224 e. The molecule has 0 saturated heterocycles. The van der Waals surface area contributed by atoms with Crippen molar-refractivity contribution in [3.8, 4) is 11.6 Å². The van der Waals surface area contributed by atoms with Gasteiger partial charge in [0.15, 0.2) is 0 Å². The molecule has 19 heavy (non-hydrogen) atoms. The highest BCUT2D eigenvalue weighted by atomic mass is 16.5. The third-order valence-corrected chi connectivity index (χ3v) is 2.60. The van der Waals surface area contributed by atoms with Crippen molar-refractivity contribution in [2.75, 3.05) is 12.4 Å². The second kappa shape index (κ2) is 5.65. The summed E-state index contributed by atoms with van der Waals surface area (Å²) in [6, 6.07) is 5.54. The van der Waals surface area contributed by atoms with Crippen molar-refractivity contribution in [3.63, 3.8) is 0 Å². The summed E-state index contributed by atoms with van der Waals surface area (Å²) < 4.78 is 5.71. The second-order valence-electron chi connectivity index (χ2n) is 4.59. The molecule has 0 bridgehead atoms. The van der Waals surface area contributed by atoms with Gasteiger partial charge in [0.2, 0.25) is 5.88 Å². The van der Waals surface area contributed by atoms with E-state index < -0.39 is 0 Å². The lowest BCUT2D eigenvalue weighted by Crippen LogP contribution is -2.03. The fourth-order valence-electron chi connectivity index (χ4n) is 1.52. The van der Waals surface area contributed by atoms with Gasteiger partial charge in [0, 0.05) is 24.7 Å². The Kier molecular flexibility index (Phi) is 3.94. The summed E-state index contributed by atoms with van der Waals surface area (Å²) in [5.74, 6) is 2.93. The molecule has 0 fully saturated rings. The molecule has 100 valence electrons. The highest BCUT2D eigenvalue weighted by Crippen LogP contribution is 2.23. The van der Waals surface area contributed by atoms with Gasteiger partial charge >= 0.3 is 0 Å². The van der Waals surface area contributed by atoms with Crippen LogP contribution in [0.3, 0.4) is 0 Å². The fourth-order valence-corrected chi connectivity index (χ4v) is 1.52. The topological polar surface area (TPSA) is 59.9 Å². The Morgan fingerprint density at radius 1 is 1.21 bits per heavy atom. The lowest BCUT2D eigenvalue weighted by atomic mass is 10.2. The van der Waals surface area contributed by atoms with E-state index in [0.717, 1.165) is 17.3 Å². The highest BCUT2D eigenvalue weighted by Gasteiger charge is 2.09. The lowest BCUT2D eigenvalue weighted by Gasteiger charge is -2.10. The van der Waals surface area contributed by atoms with Gasteiger partial charge in [0.1, 0.15) is 17.4 Å². The quantitative estimate of drug-likeness (QED) is 0.912. The Hall–Kier alpha value is -2.17. The van der Waals surface area contributed by atoms with Crippen LogP contribution in [0.5, 0.6) is 11.6 Å². The zero-order valence-corrected chi connectivity index (χ0v) is 11.6. The standard InChI is InChI=1S/C14H18N4O/c1-9(2)14-17-12(15-4)7-13(18-14)19-11-6-5-10(3)16-8-11/h5-9H,1-4H3,(H,15,17,18). The molecule has 0 unspecified atom stereocenters. The highest BCUT2D eigenvalue weighted by molar-refractivity contribution is 5.39. The van der Waals surface area contributed by atoms with Crippen LogP contribution in [-0.2, 0) is 0 Å². The summed E-state index contributed by atoms with van der Waals surface area (Å²) in [5, 5.41) is 3.01. The van der Waals surface area contributed by atoms with E-state index in [4.69, 9.17) is 4.74 Å². The van der Waals surface area contributed by atoms with Crippen molar-refractivity contribution in [2.24, 2.45) is 0 Å². The number of hydrogen-bond donors (Lipinski definition) is 1. The monoisotopic (exact) mass is 258 g/mol. The molecule has 0 aromatic carbocycles. The number of aromatic nitrogens is 3. The maximum absolute atomic E-state index is 5.71. The first-order valence-corrected chi connectivity index (χ1v) is 6.25. The van der Waals surface area contributed by atoms with Gasteiger partial charge in [0.25, 0.3) is 0 Å². The van der Waals surface area contributed by atoms with Crippen LogP contribution in [0, 0.1) is 6.92 Å². The van der Waals surface area contributed by atoms with Crippen LogP contribution in [0.2, 0.25) is 0 Å². The predicted octanol–water partition coefficient (Wildman–Crippen LogP) is 3.14. The molecule has 5 nitrogen and oxygen atoms in total. The van der Waals surface area contributed by atoms with Crippen LogP contribution >= 0.6 is 0 Å². The van der Waals surface area contributed by atoms with Crippen LogP contribution in [0.15, 0.2) is 24.4 Å². The van der Waals surface area contributed by atoms with Gasteiger partial charge in [0.05, 0.1) is 6.20 Å². The van der Waals surface area contributed by atoms with Crippen LogP contribution in [0.25, 0.3) is 0 Å². The Labute approximate surface area is 113 Å². The zero-order chi connectivity index (χ0) is 13.8. The fraction of sp³-hybridized carbons (Fsp3) is 0.357. The molecule has 0 atom stereocenters. The van der Waals surface area contributed by atoms with Gasteiger partial charge in [-0.1, -0.05) is 13.8 Å². The molecular formula is C14H18N4O. The van der Waals surface area contributed by atoms with Crippen LogP contribution in [-0.4, -0.2) is 22.0 Å². The normalized spacial score (nSPS) is 10.6. The van der Waals surface area contributed by atoms with Crippen molar-refractivity contribution in [1.29, 1.82) is 0 Å². The summed E-state index contributed by atoms with van der Waals surface area (Å²) >= 11 is 0. The van der Waals surface area contributed by atoms with E-state index in [1.54, 1.807) is 12.3 Å². The van der Waals surface area contributed by atoms with E-state index in [1.165, 1.54) is 0 Å². The number of nitrogens with zero attached hydrogens (tertiary/aromatic N) is 3. The van der Waals surface area contributed by atoms with Gasteiger partial charge in [-0.15, -0.1) is 0 Å². The third-order valence-electron chi connectivity index (χ3n) is 2.60. The Morgan fingerprint density at radius 2 is 2.00 bits per heavy atom. The smallest absolute Gasteiger partial charge is 0.224 e.